The van der Waals surface area contributed by atoms with Crippen molar-refractivity contribution in [1.82, 2.24) is 20.3 Å². The molecule has 10 N–H and O–H groups in total. The van der Waals surface area contributed by atoms with E-state index in [-0.39, 0.29) is 23.8 Å². The molecule has 0 bridgehead atoms. The number of unbranched alkanes of at least 4 members (excludes halogenated alkanes) is 1. The summed E-state index contributed by atoms with van der Waals surface area (Å²) in [6.07, 6.45) is 0.814. The number of oxime groups is 1. The lowest BCUT2D eigenvalue weighted by atomic mass is 10.1. The molecule has 3 atom stereocenters. The lowest BCUT2D eigenvalue weighted by Gasteiger charge is -2.24. The van der Waals surface area contributed by atoms with Gasteiger partial charge >= 0.3 is 22.2 Å². The van der Waals surface area contributed by atoms with Crippen molar-refractivity contribution in [3.63, 3.8) is 0 Å². The summed E-state index contributed by atoms with van der Waals surface area (Å²) in [5.41, 5.74) is 8.49. The van der Waals surface area contributed by atoms with E-state index in [2.05, 4.69) is 20.8 Å². The largest absolute Gasteiger partial charge is 0.480 e. The maximum atomic E-state index is 13.1. The Bertz CT molecular complexity index is 1150. The summed E-state index contributed by atoms with van der Waals surface area (Å²) in [4.78, 5) is 57.0. The van der Waals surface area contributed by atoms with E-state index >= 15 is 0 Å². The van der Waals surface area contributed by atoms with E-state index in [0.29, 0.717) is 12.8 Å². The van der Waals surface area contributed by atoms with Crippen molar-refractivity contribution >= 4 is 56.2 Å². The van der Waals surface area contributed by atoms with Gasteiger partial charge in [-0.1, -0.05) is 5.16 Å². The number of nitrogens with zero attached hydrogens (tertiary/aromatic N) is 2. The second kappa shape index (κ2) is 14.0. The van der Waals surface area contributed by atoms with Crippen molar-refractivity contribution in [2.24, 2.45) is 10.9 Å². The lowest BCUT2D eigenvalue weighted by Crippen LogP contribution is -2.58. The molecule has 17 nitrogen and oxygen atoms in total. The standard InChI is InChI=1S/C19H31N7O10S2/c1-9(26-38(33,34)35)12(14(27)22-7-5-4-6-10(20)16(29)30)24-15(28)13(11-8-37-18(21)23-11)25-36-19(2,3)17(31)32/h8-10,12,26H,4-7,20H2,1-3H3,(H2,21,23)(H,22,27)(H,24,28)(H,29,30)(H,31,32)(H,33,34,35)/b25-13-/t9-,10-,12-/m0/s1. The predicted molar refractivity (Wildman–Crippen MR) is 134 cm³/mol. The number of hydrogen-bond donors (Lipinski definition) is 8. The number of nitrogens with one attached hydrogen (secondary N) is 3. The summed E-state index contributed by atoms with van der Waals surface area (Å²) in [5.74, 6) is -4.54. The first-order valence-corrected chi connectivity index (χ1v) is 13.3. The molecule has 214 valence electrons. The summed E-state index contributed by atoms with van der Waals surface area (Å²) in [6.45, 7) is 3.55. The van der Waals surface area contributed by atoms with Crippen LogP contribution in [0.1, 0.15) is 45.7 Å². The third-order valence-corrected chi connectivity index (χ3v) is 6.17. The number of nitrogen functional groups attached to an aromatic ring is 1. The highest BCUT2D eigenvalue weighted by molar-refractivity contribution is 7.83. The third-order valence-electron chi connectivity index (χ3n) is 4.82. The molecular formula is C19H31N7O10S2. The molecule has 0 saturated heterocycles. The average Bonchev–Trinajstić information content (AvgIpc) is 3.21. The van der Waals surface area contributed by atoms with Crippen LogP contribution in [-0.2, 0) is 34.3 Å². The summed E-state index contributed by atoms with van der Waals surface area (Å²) in [5, 5.41) is 27.7. The fourth-order valence-corrected chi connectivity index (χ4v) is 3.82. The maximum absolute atomic E-state index is 13.1. The Morgan fingerprint density at radius 1 is 1.24 bits per heavy atom. The fraction of sp³-hybridized carbons (Fsp3) is 0.579. The molecule has 19 heteroatoms. The topological polar surface area (TPSA) is 286 Å². The number of carbonyl (C=O) groups excluding carboxylic acids is 2. The second-order valence-corrected chi connectivity index (χ2v) is 10.6. The van der Waals surface area contributed by atoms with Crippen LogP contribution in [0.15, 0.2) is 10.5 Å². The second-order valence-electron chi connectivity index (χ2n) is 8.48. The van der Waals surface area contributed by atoms with E-state index in [1.54, 1.807) is 4.72 Å². The predicted octanol–water partition coefficient (Wildman–Crippen LogP) is -1.73. The monoisotopic (exact) mass is 581 g/mol. The first-order valence-electron chi connectivity index (χ1n) is 11.0. The van der Waals surface area contributed by atoms with Gasteiger partial charge in [0, 0.05) is 11.9 Å². The Hall–Kier alpha value is -3.39. The molecule has 2 amide bonds. The zero-order valence-electron chi connectivity index (χ0n) is 20.7. The van der Waals surface area contributed by atoms with Crippen molar-refractivity contribution in [3.05, 3.63) is 11.1 Å². The van der Waals surface area contributed by atoms with E-state index < -0.39 is 63.5 Å². The zero-order valence-corrected chi connectivity index (χ0v) is 22.3. The van der Waals surface area contributed by atoms with Crippen LogP contribution in [0.4, 0.5) is 5.13 Å². The number of thiazole rings is 1. The first kappa shape index (κ1) is 32.6. The lowest BCUT2D eigenvalue weighted by molar-refractivity contribution is -0.161. The third kappa shape index (κ3) is 10.9. The fourth-order valence-electron chi connectivity index (χ4n) is 2.66. The highest BCUT2D eigenvalue weighted by Gasteiger charge is 2.34. The Morgan fingerprint density at radius 2 is 1.87 bits per heavy atom. The van der Waals surface area contributed by atoms with Crippen LogP contribution in [0.25, 0.3) is 0 Å². The summed E-state index contributed by atoms with van der Waals surface area (Å²) < 4.78 is 33.6. The van der Waals surface area contributed by atoms with Crippen molar-refractivity contribution < 1.29 is 47.2 Å². The Morgan fingerprint density at radius 3 is 2.37 bits per heavy atom. The van der Waals surface area contributed by atoms with Crippen molar-refractivity contribution in [3.8, 4) is 0 Å². The molecule has 0 saturated carbocycles. The van der Waals surface area contributed by atoms with E-state index in [0.717, 1.165) is 11.3 Å². The number of carbonyl (C=O) groups is 4. The highest BCUT2D eigenvalue weighted by atomic mass is 32.2. The number of nitrogens with two attached hydrogens (primary N) is 2. The molecule has 0 spiro atoms. The van der Waals surface area contributed by atoms with Crippen LogP contribution in [-0.4, -0.2) is 87.9 Å². The van der Waals surface area contributed by atoms with E-state index in [1.165, 1.54) is 26.2 Å². The number of rotatable bonds is 16. The number of aromatic nitrogens is 1. The number of aliphatic carboxylic acids is 2. The molecular weight excluding hydrogens is 550 g/mol. The van der Waals surface area contributed by atoms with Gasteiger partial charge in [-0.15, -0.1) is 11.3 Å². The highest BCUT2D eigenvalue weighted by Crippen LogP contribution is 2.15. The minimum atomic E-state index is -4.79. The van der Waals surface area contributed by atoms with E-state index in [9.17, 15) is 32.7 Å². The van der Waals surface area contributed by atoms with Crippen molar-refractivity contribution in [1.29, 1.82) is 0 Å². The molecule has 1 aromatic rings. The Balaban J connectivity index is 3.13. The van der Waals surface area contributed by atoms with Gasteiger partial charge in [-0.05, 0) is 40.0 Å². The summed E-state index contributed by atoms with van der Waals surface area (Å²) >= 11 is 0.933. The van der Waals surface area contributed by atoms with Crippen LogP contribution in [0.5, 0.6) is 0 Å². The molecule has 0 radical (unpaired) electrons. The van der Waals surface area contributed by atoms with Crippen LogP contribution < -0.4 is 26.8 Å². The van der Waals surface area contributed by atoms with Gasteiger partial charge in [0.2, 0.25) is 11.5 Å². The number of carboxylic acid groups (broad SMARTS) is 2. The zero-order chi connectivity index (χ0) is 29.3. The number of carboxylic acids is 2. The Kier molecular flexibility index (Phi) is 12.0. The Labute approximate surface area is 221 Å². The van der Waals surface area contributed by atoms with E-state index in [4.69, 9.17) is 26.0 Å². The smallest absolute Gasteiger partial charge is 0.350 e. The van der Waals surface area contributed by atoms with Gasteiger partial charge in [0.15, 0.2) is 10.8 Å². The number of anilines is 1. The molecule has 38 heavy (non-hydrogen) atoms. The summed E-state index contributed by atoms with van der Waals surface area (Å²) in [7, 11) is -4.79. The molecule has 0 unspecified atom stereocenters. The van der Waals surface area contributed by atoms with Gasteiger partial charge in [-0.3, -0.25) is 18.9 Å². The first-order chi connectivity index (χ1) is 17.4. The summed E-state index contributed by atoms with van der Waals surface area (Å²) in [6, 6.07) is -4.06. The molecule has 0 aromatic carbocycles. The number of amides is 2. The average molecular weight is 582 g/mol. The molecule has 1 heterocycles. The quantitative estimate of drug-likeness (QED) is 0.0467. The molecule has 0 aliphatic rings. The maximum Gasteiger partial charge on any atom is 0.350 e. The SMILES string of the molecule is C[C@H](NS(=O)(=O)O)[C@H](NC(=O)/C(=N\OC(C)(C)C(=O)O)c1csc(N)n1)C(=O)NCCCC[C@H](N)C(=O)O. The van der Waals surface area contributed by atoms with Crippen LogP contribution in [0.3, 0.4) is 0 Å². The number of hydrogen-bond acceptors (Lipinski definition) is 12. The molecule has 1 rings (SSSR count). The van der Waals surface area contributed by atoms with Gasteiger partial charge in [-0.25, -0.2) is 9.78 Å². The van der Waals surface area contributed by atoms with Crippen LogP contribution >= 0.6 is 11.3 Å². The minimum absolute atomic E-state index is 0.0234. The van der Waals surface area contributed by atoms with Crippen LogP contribution in [0.2, 0.25) is 0 Å². The van der Waals surface area contributed by atoms with Gasteiger partial charge < -0.3 is 37.2 Å². The normalized spacial score (nSPS) is 14.7. The van der Waals surface area contributed by atoms with Crippen molar-refractivity contribution in [2.75, 3.05) is 12.3 Å². The van der Waals surface area contributed by atoms with E-state index in [1.807, 2.05) is 0 Å². The molecule has 0 aliphatic carbocycles. The minimum Gasteiger partial charge on any atom is -0.480 e. The van der Waals surface area contributed by atoms with Gasteiger partial charge in [-0.2, -0.15) is 13.1 Å². The molecule has 0 aliphatic heterocycles. The van der Waals surface area contributed by atoms with Gasteiger partial charge in [0.25, 0.3) is 5.91 Å². The molecule has 1 aromatic heterocycles. The van der Waals surface area contributed by atoms with Crippen LogP contribution in [0, 0.1) is 0 Å². The molecule has 0 fully saturated rings. The van der Waals surface area contributed by atoms with Gasteiger partial charge in [0.05, 0.1) is 6.04 Å². The van der Waals surface area contributed by atoms with Crippen molar-refractivity contribution in [2.45, 2.75) is 63.8 Å². The van der Waals surface area contributed by atoms with Gasteiger partial charge in [0.1, 0.15) is 17.8 Å².